The van der Waals surface area contributed by atoms with Gasteiger partial charge in [-0.1, -0.05) is 38.3 Å². The van der Waals surface area contributed by atoms with Crippen LogP contribution < -0.4 is 0 Å². The summed E-state index contributed by atoms with van der Waals surface area (Å²) in [7, 11) is 0. The minimum atomic E-state index is 0.129. The molecule has 0 heterocycles. The number of hydrogen-bond acceptors (Lipinski definition) is 3. The number of hydrogen-bond donors (Lipinski definition) is 1. The fourth-order valence-electron chi connectivity index (χ4n) is 2.09. The third-order valence-corrected chi connectivity index (χ3v) is 3.61. The van der Waals surface area contributed by atoms with E-state index in [1.54, 1.807) is 12.1 Å². The van der Waals surface area contributed by atoms with Crippen LogP contribution in [0.1, 0.15) is 31.4 Å². The summed E-state index contributed by atoms with van der Waals surface area (Å²) in [6.45, 7) is 4.38. The Bertz CT molecular complexity index is 714. The second-order valence-corrected chi connectivity index (χ2v) is 5.44. The summed E-state index contributed by atoms with van der Waals surface area (Å²) < 4.78 is 0. The van der Waals surface area contributed by atoms with E-state index in [4.69, 9.17) is 6.42 Å². The Kier molecular flexibility index (Phi) is 5.32. The standard InChI is InChI=1S/C19H20N2O/c1-4-14(3)11-16-9-10-19(22)18(13-16)21-20-17-8-6-7-15(5-2)12-17/h2,6-10,12-14,22H,4,11H2,1,3H3/b21-20+. The molecule has 0 bridgehead atoms. The molecule has 2 aromatic rings. The summed E-state index contributed by atoms with van der Waals surface area (Å²) in [6, 6.07) is 12.8. The van der Waals surface area contributed by atoms with Crippen molar-refractivity contribution in [3.8, 4) is 18.1 Å². The lowest BCUT2D eigenvalue weighted by Crippen LogP contribution is -1.97. The molecule has 0 saturated carbocycles. The van der Waals surface area contributed by atoms with Crippen molar-refractivity contribution < 1.29 is 5.11 Å². The Morgan fingerprint density at radius 1 is 1.18 bits per heavy atom. The molecule has 0 fully saturated rings. The van der Waals surface area contributed by atoms with Crippen molar-refractivity contribution in [1.29, 1.82) is 0 Å². The second-order valence-electron chi connectivity index (χ2n) is 5.44. The summed E-state index contributed by atoms with van der Waals surface area (Å²) in [5.41, 5.74) is 3.05. The van der Waals surface area contributed by atoms with Gasteiger partial charge < -0.3 is 5.11 Å². The maximum Gasteiger partial charge on any atom is 0.143 e. The molecular formula is C19H20N2O. The topological polar surface area (TPSA) is 45.0 Å². The number of phenolic OH excluding ortho intramolecular Hbond substituents is 1. The maximum absolute atomic E-state index is 9.92. The van der Waals surface area contributed by atoms with E-state index in [0.29, 0.717) is 17.3 Å². The number of nitrogens with zero attached hydrogens (tertiary/aromatic N) is 2. The Hall–Kier alpha value is -2.60. The van der Waals surface area contributed by atoms with Crippen LogP contribution in [0.4, 0.5) is 11.4 Å². The largest absolute Gasteiger partial charge is 0.506 e. The van der Waals surface area contributed by atoms with E-state index in [9.17, 15) is 5.11 Å². The molecule has 2 aromatic carbocycles. The lowest BCUT2D eigenvalue weighted by atomic mass is 9.98. The number of phenols is 1. The first-order valence-corrected chi connectivity index (χ1v) is 7.42. The molecule has 2 rings (SSSR count). The monoisotopic (exact) mass is 292 g/mol. The lowest BCUT2D eigenvalue weighted by Gasteiger charge is -2.09. The van der Waals surface area contributed by atoms with Crippen molar-refractivity contribution in [3.63, 3.8) is 0 Å². The van der Waals surface area contributed by atoms with E-state index in [2.05, 4.69) is 30.0 Å². The van der Waals surface area contributed by atoms with E-state index >= 15 is 0 Å². The summed E-state index contributed by atoms with van der Waals surface area (Å²) >= 11 is 0. The SMILES string of the molecule is C#Cc1cccc(/N=N/c2cc(CC(C)CC)ccc2O)c1. The van der Waals surface area contributed by atoms with Gasteiger partial charge >= 0.3 is 0 Å². The molecule has 0 aliphatic heterocycles. The smallest absolute Gasteiger partial charge is 0.143 e. The lowest BCUT2D eigenvalue weighted by molar-refractivity contribution is 0.475. The van der Waals surface area contributed by atoms with E-state index < -0.39 is 0 Å². The second kappa shape index (κ2) is 7.42. The van der Waals surface area contributed by atoms with Gasteiger partial charge in [0.05, 0.1) is 5.69 Å². The zero-order chi connectivity index (χ0) is 15.9. The van der Waals surface area contributed by atoms with Gasteiger partial charge in [0, 0.05) is 5.56 Å². The third-order valence-electron chi connectivity index (χ3n) is 3.61. The van der Waals surface area contributed by atoms with Gasteiger partial charge in [-0.15, -0.1) is 11.5 Å². The molecule has 1 atom stereocenters. The maximum atomic E-state index is 9.92. The zero-order valence-electron chi connectivity index (χ0n) is 13.0. The minimum Gasteiger partial charge on any atom is -0.506 e. The molecule has 0 radical (unpaired) electrons. The first-order valence-electron chi connectivity index (χ1n) is 7.42. The average Bonchev–Trinajstić information content (AvgIpc) is 2.55. The van der Waals surface area contributed by atoms with Crippen molar-refractivity contribution >= 4 is 11.4 Å². The zero-order valence-corrected chi connectivity index (χ0v) is 13.0. The van der Waals surface area contributed by atoms with Crippen LogP contribution in [0.25, 0.3) is 0 Å². The Morgan fingerprint density at radius 3 is 2.73 bits per heavy atom. The van der Waals surface area contributed by atoms with E-state index in [1.165, 1.54) is 0 Å². The van der Waals surface area contributed by atoms with Crippen LogP contribution in [-0.4, -0.2) is 5.11 Å². The molecule has 22 heavy (non-hydrogen) atoms. The Labute approximate surface area is 131 Å². The van der Waals surface area contributed by atoms with Crippen molar-refractivity contribution in [2.75, 3.05) is 0 Å². The summed E-state index contributed by atoms with van der Waals surface area (Å²) in [4.78, 5) is 0. The fraction of sp³-hybridized carbons (Fsp3) is 0.263. The highest BCUT2D eigenvalue weighted by molar-refractivity contribution is 5.53. The third kappa shape index (κ3) is 4.20. The van der Waals surface area contributed by atoms with E-state index in [-0.39, 0.29) is 5.75 Å². The molecule has 0 aliphatic rings. The van der Waals surface area contributed by atoms with Gasteiger partial charge in [-0.05, 0) is 48.2 Å². The van der Waals surface area contributed by atoms with E-state index in [0.717, 1.165) is 24.0 Å². The normalized spacial score (nSPS) is 12.2. The molecule has 1 N–H and O–H groups in total. The first-order chi connectivity index (χ1) is 10.6. The van der Waals surface area contributed by atoms with Crippen LogP contribution in [0.3, 0.4) is 0 Å². The van der Waals surface area contributed by atoms with Gasteiger partial charge in [0.1, 0.15) is 11.4 Å². The molecule has 0 aliphatic carbocycles. The highest BCUT2D eigenvalue weighted by Gasteiger charge is 2.05. The van der Waals surface area contributed by atoms with Gasteiger partial charge in [-0.3, -0.25) is 0 Å². The van der Waals surface area contributed by atoms with Crippen LogP contribution in [0.5, 0.6) is 5.75 Å². The molecule has 0 spiro atoms. The Balaban J connectivity index is 2.22. The Morgan fingerprint density at radius 2 is 2.00 bits per heavy atom. The fourth-order valence-corrected chi connectivity index (χ4v) is 2.09. The van der Waals surface area contributed by atoms with Gasteiger partial charge in [0.15, 0.2) is 0 Å². The molecule has 112 valence electrons. The van der Waals surface area contributed by atoms with Crippen LogP contribution in [0, 0.1) is 18.3 Å². The molecule has 1 unspecified atom stereocenters. The van der Waals surface area contributed by atoms with Gasteiger partial charge in [-0.25, -0.2) is 0 Å². The number of aromatic hydroxyl groups is 1. The minimum absolute atomic E-state index is 0.129. The molecule has 3 nitrogen and oxygen atoms in total. The van der Waals surface area contributed by atoms with Crippen LogP contribution in [0.15, 0.2) is 52.7 Å². The van der Waals surface area contributed by atoms with Crippen LogP contribution >= 0.6 is 0 Å². The number of benzene rings is 2. The summed E-state index contributed by atoms with van der Waals surface area (Å²) in [5.74, 6) is 3.29. The average molecular weight is 292 g/mol. The van der Waals surface area contributed by atoms with Crippen LogP contribution in [0.2, 0.25) is 0 Å². The number of terminal acetylenes is 1. The highest BCUT2D eigenvalue weighted by Crippen LogP contribution is 2.30. The quantitative estimate of drug-likeness (QED) is 0.583. The molecule has 3 heteroatoms. The van der Waals surface area contributed by atoms with Crippen molar-refractivity contribution in [1.82, 2.24) is 0 Å². The van der Waals surface area contributed by atoms with Crippen molar-refractivity contribution in [3.05, 3.63) is 53.6 Å². The molecular weight excluding hydrogens is 272 g/mol. The molecule has 0 saturated heterocycles. The van der Waals surface area contributed by atoms with E-state index in [1.807, 2.05) is 30.3 Å². The predicted molar refractivity (Wildman–Crippen MR) is 89.8 cm³/mol. The van der Waals surface area contributed by atoms with Gasteiger partial charge in [0.2, 0.25) is 0 Å². The predicted octanol–water partition coefficient (Wildman–Crippen LogP) is 5.38. The van der Waals surface area contributed by atoms with Gasteiger partial charge in [0.25, 0.3) is 0 Å². The number of rotatable bonds is 5. The van der Waals surface area contributed by atoms with Crippen molar-refractivity contribution in [2.24, 2.45) is 16.1 Å². The highest BCUT2D eigenvalue weighted by atomic mass is 16.3. The summed E-state index contributed by atoms with van der Waals surface area (Å²) in [5, 5.41) is 18.2. The van der Waals surface area contributed by atoms with Gasteiger partial charge in [-0.2, -0.15) is 5.11 Å². The van der Waals surface area contributed by atoms with Crippen molar-refractivity contribution in [2.45, 2.75) is 26.7 Å². The molecule has 0 amide bonds. The summed E-state index contributed by atoms with van der Waals surface area (Å²) in [6.07, 6.45) is 7.45. The number of azo groups is 1. The first kappa shape index (κ1) is 15.8. The van der Waals surface area contributed by atoms with Crippen LogP contribution in [-0.2, 0) is 6.42 Å². The molecule has 0 aromatic heterocycles.